The number of hydrogen-bond acceptors (Lipinski definition) is 4. The molecule has 0 unspecified atom stereocenters. The number of oxime groups is 1. The smallest absolute Gasteiger partial charge is 0.435 e. The van der Waals surface area contributed by atoms with Crippen LogP contribution in [0.15, 0.2) is 71.9 Å². The number of amides is 1. The maximum Gasteiger partial charge on any atom is 0.435 e. The van der Waals surface area contributed by atoms with Gasteiger partial charge in [-0.05, 0) is 28.8 Å². The number of carbonyl (C=O) groups is 1. The van der Waals surface area contributed by atoms with Crippen LogP contribution in [0.2, 0.25) is 10.0 Å². The van der Waals surface area contributed by atoms with E-state index in [1.807, 2.05) is 18.2 Å². The lowest BCUT2D eigenvalue weighted by Crippen LogP contribution is -2.58. The third-order valence-corrected chi connectivity index (χ3v) is 7.27. The Kier molecular flexibility index (Phi) is 6.97. The first kappa shape index (κ1) is 27.2. The van der Waals surface area contributed by atoms with Crippen LogP contribution in [0.25, 0.3) is 0 Å². The Hall–Kier alpha value is -3.37. The molecule has 0 radical (unpaired) electrons. The van der Waals surface area contributed by atoms with Gasteiger partial charge in [0.2, 0.25) is 0 Å². The van der Waals surface area contributed by atoms with E-state index < -0.39 is 51.4 Å². The molecule has 204 valence electrons. The summed E-state index contributed by atoms with van der Waals surface area (Å²) >= 11 is 11.5. The van der Waals surface area contributed by atoms with Crippen molar-refractivity contribution in [3.05, 3.63) is 105 Å². The molecule has 0 aromatic heterocycles. The van der Waals surface area contributed by atoms with Crippen molar-refractivity contribution in [2.45, 2.75) is 30.5 Å². The van der Waals surface area contributed by atoms with Crippen LogP contribution in [0.5, 0.6) is 0 Å². The van der Waals surface area contributed by atoms with Crippen LogP contribution in [0.4, 0.5) is 26.7 Å². The van der Waals surface area contributed by atoms with Crippen LogP contribution in [0.3, 0.4) is 0 Å². The van der Waals surface area contributed by atoms with E-state index in [0.717, 1.165) is 17.7 Å². The molecule has 1 fully saturated rings. The molecular weight excluding hydrogens is 566 g/mol. The van der Waals surface area contributed by atoms with E-state index in [4.69, 9.17) is 32.8 Å². The Morgan fingerprint density at radius 3 is 2.21 bits per heavy atom. The molecule has 3 aromatic rings. The number of halogens is 7. The first-order chi connectivity index (χ1) is 18.4. The Labute approximate surface area is 229 Å². The number of benzene rings is 3. The van der Waals surface area contributed by atoms with Crippen molar-refractivity contribution >= 4 is 35.0 Å². The maximum absolute atomic E-state index is 15.4. The summed E-state index contributed by atoms with van der Waals surface area (Å²) in [6.07, 6.45) is -6.34. The highest BCUT2D eigenvalue weighted by atomic mass is 35.5. The molecule has 39 heavy (non-hydrogen) atoms. The largest absolute Gasteiger partial charge is 0.445 e. The van der Waals surface area contributed by atoms with E-state index in [1.165, 1.54) is 29.2 Å². The first-order valence-electron chi connectivity index (χ1n) is 11.6. The molecule has 1 amide bonds. The Bertz CT molecular complexity index is 1400. The van der Waals surface area contributed by atoms with Gasteiger partial charge in [-0.1, -0.05) is 83.0 Å². The van der Waals surface area contributed by atoms with Gasteiger partial charge in [-0.2, -0.15) is 13.2 Å². The molecule has 2 heterocycles. The molecule has 0 N–H and O–H groups in total. The number of alkyl halides is 4. The molecule has 12 heteroatoms. The Morgan fingerprint density at radius 1 is 1.00 bits per heavy atom. The number of carbonyl (C=O) groups excluding carboxylic acids is 1. The van der Waals surface area contributed by atoms with E-state index in [1.54, 1.807) is 12.1 Å². The standard InChI is InChI=1S/C27H19Cl2F5N2O3/c28-20-10-19(11-21(29)23(20)30)26(27(32,33)34)12-22(35-39-26)17-6-8-18(9-7-17)25(31)14-36(15-25)24(37)38-13-16-4-2-1-3-5-16/h1-11H,12-15H2/t26-/m1/s1. The van der Waals surface area contributed by atoms with Crippen LogP contribution < -0.4 is 0 Å². The summed E-state index contributed by atoms with van der Waals surface area (Å²) in [5.41, 5.74) is -4.01. The van der Waals surface area contributed by atoms with E-state index in [-0.39, 0.29) is 36.5 Å². The van der Waals surface area contributed by atoms with Gasteiger partial charge in [-0.25, -0.2) is 13.6 Å². The second-order valence-corrected chi connectivity index (χ2v) is 10.1. The lowest BCUT2D eigenvalue weighted by atomic mass is 9.85. The third kappa shape index (κ3) is 5.03. The molecule has 1 saturated heterocycles. The molecule has 5 rings (SSSR count). The van der Waals surface area contributed by atoms with Crippen LogP contribution in [-0.2, 0) is 27.5 Å². The average molecular weight is 585 g/mol. The van der Waals surface area contributed by atoms with Crippen molar-refractivity contribution in [3.8, 4) is 0 Å². The first-order valence-corrected chi connectivity index (χ1v) is 12.4. The van der Waals surface area contributed by atoms with Gasteiger partial charge in [-0.3, -0.25) is 0 Å². The third-order valence-electron chi connectivity index (χ3n) is 6.72. The van der Waals surface area contributed by atoms with E-state index in [0.29, 0.717) is 0 Å². The summed E-state index contributed by atoms with van der Waals surface area (Å²) < 4.78 is 77.1. The van der Waals surface area contributed by atoms with Crippen molar-refractivity contribution in [1.29, 1.82) is 0 Å². The minimum absolute atomic E-state index is 0.0527. The molecule has 0 bridgehead atoms. The molecule has 2 aliphatic rings. The zero-order chi connectivity index (χ0) is 28.0. The van der Waals surface area contributed by atoms with E-state index in [2.05, 4.69) is 5.16 Å². The van der Waals surface area contributed by atoms with Crippen molar-refractivity contribution in [2.75, 3.05) is 13.1 Å². The molecule has 3 aromatic carbocycles. The van der Waals surface area contributed by atoms with Gasteiger partial charge in [0, 0.05) is 12.0 Å². The normalized spacial score (nSPS) is 20.2. The second kappa shape index (κ2) is 9.98. The maximum atomic E-state index is 15.4. The lowest BCUT2D eigenvalue weighted by molar-refractivity contribution is -0.275. The highest BCUT2D eigenvalue weighted by Crippen LogP contribution is 2.50. The summed E-state index contributed by atoms with van der Waals surface area (Å²) in [6.45, 7) is -0.398. The summed E-state index contributed by atoms with van der Waals surface area (Å²) in [7, 11) is 0. The summed E-state index contributed by atoms with van der Waals surface area (Å²) in [6, 6.07) is 16.3. The van der Waals surface area contributed by atoms with Gasteiger partial charge in [0.25, 0.3) is 5.60 Å². The fourth-order valence-corrected chi connectivity index (χ4v) is 4.98. The Balaban J connectivity index is 1.26. The molecule has 1 atom stereocenters. The minimum Gasteiger partial charge on any atom is -0.445 e. The van der Waals surface area contributed by atoms with Gasteiger partial charge in [0.05, 0.1) is 28.8 Å². The van der Waals surface area contributed by atoms with Crippen LogP contribution in [0, 0.1) is 5.82 Å². The number of nitrogens with zero attached hydrogens (tertiary/aromatic N) is 2. The number of ether oxygens (including phenoxy) is 1. The predicted octanol–water partition coefficient (Wildman–Crippen LogP) is 7.53. The molecule has 2 aliphatic heterocycles. The topological polar surface area (TPSA) is 51.1 Å². The predicted molar refractivity (Wildman–Crippen MR) is 134 cm³/mol. The summed E-state index contributed by atoms with van der Waals surface area (Å²) in [5, 5.41) is 2.47. The van der Waals surface area contributed by atoms with Gasteiger partial charge in [0.15, 0.2) is 11.5 Å². The number of rotatable bonds is 5. The van der Waals surface area contributed by atoms with Crippen molar-refractivity contribution in [1.82, 2.24) is 4.90 Å². The fraction of sp³-hybridized carbons (Fsp3) is 0.259. The highest BCUT2D eigenvalue weighted by molar-refractivity contribution is 6.35. The van der Waals surface area contributed by atoms with Crippen LogP contribution in [0.1, 0.15) is 28.7 Å². The van der Waals surface area contributed by atoms with Gasteiger partial charge < -0.3 is 14.5 Å². The molecule has 0 aliphatic carbocycles. The van der Waals surface area contributed by atoms with Gasteiger partial charge in [0.1, 0.15) is 6.61 Å². The summed E-state index contributed by atoms with van der Waals surface area (Å²) in [5.74, 6) is -1.05. The van der Waals surface area contributed by atoms with Crippen molar-refractivity contribution < 1.29 is 36.3 Å². The monoisotopic (exact) mass is 584 g/mol. The van der Waals surface area contributed by atoms with Gasteiger partial charge >= 0.3 is 12.3 Å². The zero-order valence-corrected chi connectivity index (χ0v) is 21.5. The zero-order valence-electron chi connectivity index (χ0n) is 19.9. The molecular formula is C27H19Cl2F5N2O3. The second-order valence-electron chi connectivity index (χ2n) is 9.32. The number of hydrogen-bond donors (Lipinski definition) is 0. The van der Waals surface area contributed by atoms with Gasteiger partial charge in [-0.15, -0.1) is 0 Å². The minimum atomic E-state index is -4.95. The fourth-order valence-electron chi connectivity index (χ4n) is 4.49. The quantitative estimate of drug-likeness (QED) is 0.230. The van der Waals surface area contributed by atoms with Crippen molar-refractivity contribution in [3.63, 3.8) is 0 Å². The number of likely N-dealkylation sites (tertiary alicyclic amines) is 1. The van der Waals surface area contributed by atoms with E-state index in [9.17, 15) is 22.4 Å². The van der Waals surface area contributed by atoms with Crippen LogP contribution >= 0.6 is 23.2 Å². The molecule has 5 nitrogen and oxygen atoms in total. The highest BCUT2D eigenvalue weighted by Gasteiger charge is 2.62. The average Bonchev–Trinajstić information content (AvgIpc) is 3.36. The molecule has 0 spiro atoms. The summed E-state index contributed by atoms with van der Waals surface area (Å²) in [4.78, 5) is 18.4. The van der Waals surface area contributed by atoms with E-state index >= 15 is 4.39 Å². The molecule has 0 saturated carbocycles. The lowest BCUT2D eigenvalue weighted by Gasteiger charge is -2.43. The Morgan fingerprint density at radius 2 is 1.62 bits per heavy atom. The van der Waals surface area contributed by atoms with Crippen molar-refractivity contribution in [2.24, 2.45) is 5.16 Å². The van der Waals surface area contributed by atoms with Crippen LogP contribution in [-0.4, -0.2) is 36.0 Å². The SMILES string of the molecule is O=C(OCc1ccccc1)N1CC(F)(c2ccc(C3=NO[C@](c4cc(Cl)c(F)c(Cl)c4)(C(F)(F)F)C3)cc2)C1.